The highest BCUT2D eigenvalue weighted by Crippen LogP contribution is 2.22. The van der Waals surface area contributed by atoms with Crippen LogP contribution >= 0.6 is 23.2 Å². The third-order valence-corrected chi connectivity index (χ3v) is 5.47. The topological polar surface area (TPSA) is 99.1 Å². The number of rotatable bonds is 5. The first kappa shape index (κ1) is 20.8. The molecule has 0 aliphatic heterocycles. The molecule has 0 radical (unpaired) electrons. The molecule has 0 saturated carbocycles. The fourth-order valence-corrected chi connectivity index (χ4v) is 3.43. The second-order valence-corrected chi connectivity index (χ2v) is 7.59. The Bertz CT molecular complexity index is 1420. The van der Waals surface area contributed by atoms with Crippen LogP contribution in [0.25, 0.3) is 11.2 Å². The fraction of sp³-hybridized carbons (Fsp3) is 0.150. The summed E-state index contributed by atoms with van der Waals surface area (Å²) >= 11 is 12.0. The van der Waals surface area contributed by atoms with Crippen LogP contribution in [-0.2, 0) is 20.6 Å². The number of hydrogen-bond donors (Lipinski definition) is 1. The summed E-state index contributed by atoms with van der Waals surface area (Å²) in [7, 11) is 3.23. The zero-order valence-corrected chi connectivity index (χ0v) is 18.1. The molecule has 4 aromatic rings. The van der Waals surface area contributed by atoms with Crippen molar-refractivity contribution in [2.75, 3.05) is 5.43 Å². The molecular formula is C20H17Cl2N7O2. The largest absolute Gasteiger partial charge is 0.332 e. The van der Waals surface area contributed by atoms with E-state index in [4.69, 9.17) is 23.2 Å². The fourth-order valence-electron chi connectivity index (χ4n) is 3.11. The van der Waals surface area contributed by atoms with Crippen LogP contribution < -0.4 is 16.7 Å². The van der Waals surface area contributed by atoms with Gasteiger partial charge in [0.25, 0.3) is 5.56 Å². The molecule has 31 heavy (non-hydrogen) atoms. The zero-order valence-electron chi connectivity index (χ0n) is 16.6. The van der Waals surface area contributed by atoms with Gasteiger partial charge in [0.05, 0.1) is 28.5 Å². The number of nitrogens with zero attached hydrogens (tertiary/aromatic N) is 6. The van der Waals surface area contributed by atoms with E-state index in [9.17, 15) is 9.59 Å². The van der Waals surface area contributed by atoms with Crippen molar-refractivity contribution in [3.63, 3.8) is 0 Å². The van der Waals surface area contributed by atoms with Gasteiger partial charge in [-0.2, -0.15) is 10.1 Å². The Kier molecular flexibility index (Phi) is 5.62. The Hall–Kier alpha value is -3.43. The third kappa shape index (κ3) is 3.97. The molecule has 11 heteroatoms. The molecule has 158 valence electrons. The second kappa shape index (κ2) is 8.37. The molecular weight excluding hydrogens is 441 g/mol. The van der Waals surface area contributed by atoms with Crippen LogP contribution in [0.5, 0.6) is 0 Å². The number of fused-ring (bicyclic) bond motifs is 1. The van der Waals surface area contributed by atoms with Gasteiger partial charge in [-0.05, 0) is 29.8 Å². The Labute approximate surface area is 186 Å². The molecule has 0 aliphatic rings. The summed E-state index contributed by atoms with van der Waals surface area (Å²) in [6.07, 6.45) is 3.18. The van der Waals surface area contributed by atoms with Gasteiger partial charge in [-0.25, -0.2) is 10.2 Å². The van der Waals surface area contributed by atoms with Crippen molar-refractivity contribution in [2.45, 2.75) is 6.54 Å². The van der Waals surface area contributed by atoms with Gasteiger partial charge in [0, 0.05) is 20.3 Å². The lowest BCUT2D eigenvalue weighted by molar-refractivity contribution is 0.655. The van der Waals surface area contributed by atoms with Gasteiger partial charge in [0.1, 0.15) is 0 Å². The van der Waals surface area contributed by atoms with Crippen LogP contribution in [0, 0.1) is 0 Å². The van der Waals surface area contributed by atoms with Gasteiger partial charge >= 0.3 is 5.69 Å². The zero-order chi connectivity index (χ0) is 22.1. The molecule has 9 nitrogen and oxygen atoms in total. The van der Waals surface area contributed by atoms with Crippen LogP contribution in [0.4, 0.5) is 5.95 Å². The lowest BCUT2D eigenvalue weighted by Crippen LogP contribution is -2.39. The molecule has 3 aromatic heterocycles. The maximum Gasteiger partial charge on any atom is 0.332 e. The average Bonchev–Trinajstić information content (AvgIpc) is 3.09. The SMILES string of the molecule is Cn1c(N/N=C\c2ccccn2)nc2c1c(=O)n(Cc1ccc(Cl)c(Cl)c1)c(=O)n2C. The van der Waals surface area contributed by atoms with Crippen molar-refractivity contribution in [3.8, 4) is 0 Å². The van der Waals surface area contributed by atoms with E-state index in [0.29, 0.717) is 27.3 Å². The Balaban J connectivity index is 1.74. The highest BCUT2D eigenvalue weighted by molar-refractivity contribution is 6.42. The van der Waals surface area contributed by atoms with E-state index in [2.05, 4.69) is 20.5 Å². The van der Waals surface area contributed by atoms with E-state index in [1.165, 1.54) is 10.8 Å². The number of aromatic nitrogens is 5. The van der Waals surface area contributed by atoms with Gasteiger partial charge in [-0.15, -0.1) is 0 Å². The van der Waals surface area contributed by atoms with Crippen LogP contribution in [0.1, 0.15) is 11.3 Å². The summed E-state index contributed by atoms with van der Waals surface area (Å²) < 4.78 is 4.00. The monoisotopic (exact) mass is 457 g/mol. The van der Waals surface area contributed by atoms with Crippen LogP contribution in [0.3, 0.4) is 0 Å². The summed E-state index contributed by atoms with van der Waals surface area (Å²) in [5, 5.41) is 4.86. The van der Waals surface area contributed by atoms with Crippen molar-refractivity contribution in [1.82, 2.24) is 23.7 Å². The number of aryl methyl sites for hydroxylation is 2. The standard InChI is InChI=1S/C20H17Cl2N7O2/c1-27-16-17(25-19(27)26-24-10-13-5-3-4-8-23-13)28(2)20(31)29(18(16)30)11-12-6-7-14(21)15(22)9-12/h3-10H,11H2,1-2H3,(H,25,26)/b24-10-. The molecule has 0 atom stereocenters. The van der Waals surface area contributed by atoms with Crippen molar-refractivity contribution in [2.24, 2.45) is 19.2 Å². The molecule has 4 rings (SSSR count). The van der Waals surface area contributed by atoms with Crippen LogP contribution in [0.15, 0.2) is 57.3 Å². The number of nitrogens with one attached hydrogen (secondary N) is 1. The molecule has 0 aliphatic carbocycles. The maximum atomic E-state index is 13.1. The van der Waals surface area contributed by atoms with Crippen molar-refractivity contribution in [3.05, 3.63) is 84.7 Å². The number of hydrogen-bond acceptors (Lipinski definition) is 6. The average molecular weight is 458 g/mol. The first-order valence-electron chi connectivity index (χ1n) is 9.17. The highest BCUT2D eigenvalue weighted by atomic mass is 35.5. The lowest BCUT2D eigenvalue weighted by Gasteiger charge is -2.09. The van der Waals surface area contributed by atoms with Crippen LogP contribution in [-0.4, -0.2) is 29.9 Å². The number of pyridine rings is 1. The summed E-state index contributed by atoms with van der Waals surface area (Å²) in [4.78, 5) is 34.5. The summed E-state index contributed by atoms with van der Waals surface area (Å²) in [6, 6.07) is 10.4. The van der Waals surface area contributed by atoms with Crippen molar-refractivity contribution < 1.29 is 0 Å². The number of hydrazone groups is 1. The van der Waals surface area contributed by atoms with E-state index in [-0.39, 0.29) is 17.7 Å². The van der Waals surface area contributed by atoms with E-state index in [1.807, 2.05) is 6.07 Å². The quantitative estimate of drug-likeness (QED) is 0.366. The van der Waals surface area contributed by atoms with Gasteiger partial charge < -0.3 is 4.57 Å². The van der Waals surface area contributed by atoms with Gasteiger partial charge in [-0.1, -0.05) is 35.3 Å². The molecule has 0 amide bonds. The number of imidazole rings is 1. The molecule has 0 bridgehead atoms. The Morgan fingerprint density at radius 1 is 1.10 bits per heavy atom. The minimum Gasteiger partial charge on any atom is -0.306 e. The number of anilines is 1. The van der Waals surface area contributed by atoms with Crippen molar-refractivity contribution in [1.29, 1.82) is 0 Å². The Morgan fingerprint density at radius 2 is 1.90 bits per heavy atom. The minimum atomic E-state index is -0.495. The molecule has 3 heterocycles. The maximum absolute atomic E-state index is 13.1. The molecule has 0 fully saturated rings. The van der Waals surface area contributed by atoms with Gasteiger partial charge in [-0.3, -0.25) is 18.9 Å². The van der Waals surface area contributed by atoms with Gasteiger partial charge in [0.2, 0.25) is 5.95 Å². The normalized spacial score (nSPS) is 11.5. The predicted molar refractivity (Wildman–Crippen MR) is 121 cm³/mol. The summed E-state index contributed by atoms with van der Waals surface area (Å²) in [5.41, 5.74) is 3.67. The molecule has 1 aromatic carbocycles. The molecule has 1 N–H and O–H groups in total. The van der Waals surface area contributed by atoms with E-state index in [1.54, 1.807) is 55.2 Å². The number of benzene rings is 1. The lowest BCUT2D eigenvalue weighted by atomic mass is 10.2. The first-order chi connectivity index (χ1) is 14.9. The third-order valence-electron chi connectivity index (χ3n) is 4.73. The van der Waals surface area contributed by atoms with E-state index in [0.717, 1.165) is 4.57 Å². The van der Waals surface area contributed by atoms with Gasteiger partial charge in [0.15, 0.2) is 11.2 Å². The summed E-state index contributed by atoms with van der Waals surface area (Å²) in [5.74, 6) is 0.307. The molecule has 0 spiro atoms. The smallest absolute Gasteiger partial charge is 0.306 e. The van der Waals surface area contributed by atoms with Crippen molar-refractivity contribution >= 4 is 46.5 Å². The Morgan fingerprint density at radius 3 is 2.61 bits per heavy atom. The minimum absolute atomic E-state index is 0.0457. The molecule has 0 unspecified atom stereocenters. The van der Waals surface area contributed by atoms with E-state index < -0.39 is 11.2 Å². The van der Waals surface area contributed by atoms with Crippen LogP contribution in [0.2, 0.25) is 10.0 Å². The first-order valence-corrected chi connectivity index (χ1v) is 9.92. The predicted octanol–water partition coefficient (Wildman–Crippen LogP) is 2.63. The summed E-state index contributed by atoms with van der Waals surface area (Å²) in [6.45, 7) is 0.0457. The second-order valence-electron chi connectivity index (χ2n) is 6.77. The molecule has 0 saturated heterocycles. The highest BCUT2D eigenvalue weighted by Gasteiger charge is 2.18. The van der Waals surface area contributed by atoms with E-state index >= 15 is 0 Å². The number of halogens is 2.